The summed E-state index contributed by atoms with van der Waals surface area (Å²) in [5, 5.41) is 14.1. The van der Waals surface area contributed by atoms with Gasteiger partial charge in [0.05, 0.1) is 54.0 Å². The monoisotopic (exact) mass is 507 g/mol. The molecular weight excluding hydrogens is 494 g/mol. The van der Waals surface area contributed by atoms with Crippen molar-refractivity contribution in [3.05, 3.63) is 89.4 Å². The van der Waals surface area contributed by atoms with E-state index in [1.54, 1.807) is 0 Å². The molecule has 0 unspecified atom stereocenters. The van der Waals surface area contributed by atoms with Crippen molar-refractivity contribution in [3.8, 4) is 11.5 Å². The number of aryl methyl sites for hydroxylation is 1. The fraction of sp³-hybridized carbons (Fsp3) is 0.0870. The molecule has 1 N–H and O–H groups in total. The number of alkyl halides is 3. The number of nitrogens with zero attached hydrogens (tertiary/aromatic N) is 8. The van der Waals surface area contributed by atoms with E-state index in [-0.39, 0.29) is 39.3 Å². The van der Waals surface area contributed by atoms with Gasteiger partial charge in [-0.05, 0) is 19.1 Å². The lowest BCUT2D eigenvalue weighted by Crippen LogP contribution is -2.21. The van der Waals surface area contributed by atoms with Crippen LogP contribution in [0, 0.1) is 19.3 Å². The Hall–Kier alpha value is -5.19. The van der Waals surface area contributed by atoms with E-state index in [2.05, 4.69) is 35.4 Å². The molecule has 0 aliphatic heterocycles. The predicted molar refractivity (Wildman–Crippen MR) is 122 cm³/mol. The molecule has 0 spiro atoms. The summed E-state index contributed by atoms with van der Waals surface area (Å²) in [5.41, 5.74) is -2.14. The topological polar surface area (TPSA) is 108 Å². The number of benzene rings is 1. The third kappa shape index (κ3) is 4.12. The molecule has 184 valence electrons. The summed E-state index contributed by atoms with van der Waals surface area (Å²) in [6, 6.07) is 5.19. The zero-order valence-electron chi connectivity index (χ0n) is 18.7. The molecular formula is C23H13F4N9O. The van der Waals surface area contributed by atoms with Gasteiger partial charge in [0, 0.05) is 17.0 Å². The number of amides is 1. The van der Waals surface area contributed by atoms with Gasteiger partial charge in [0.2, 0.25) is 5.69 Å². The number of anilines is 1. The number of carbonyl (C=O) groups is 1. The van der Waals surface area contributed by atoms with Crippen LogP contribution in [0.1, 0.15) is 21.7 Å². The Morgan fingerprint density at radius 3 is 2.54 bits per heavy atom. The maximum Gasteiger partial charge on any atom is 0.434 e. The number of carbonyl (C=O) groups excluding carboxylic acids is 1. The van der Waals surface area contributed by atoms with Crippen molar-refractivity contribution in [3.63, 3.8) is 0 Å². The highest BCUT2D eigenvalue weighted by atomic mass is 19.4. The second-order valence-electron chi connectivity index (χ2n) is 7.66. The molecule has 0 aliphatic rings. The van der Waals surface area contributed by atoms with Crippen LogP contribution in [0.15, 0.2) is 55.2 Å². The minimum absolute atomic E-state index is 0.00485. The van der Waals surface area contributed by atoms with Gasteiger partial charge in [-0.1, -0.05) is 12.1 Å². The standard InChI is InChI=1S/C23H13F4N9O/c1-12-17(8-18(28-2)21(33-12)36-30-6-7-31-36)34-22(37)15-10-32-35(20(15)23(25,26)27)19-11-29-9-14-13(19)4-3-5-16(14)24/h3-11H,1H3,(H,34,37). The van der Waals surface area contributed by atoms with Crippen LogP contribution in [0.2, 0.25) is 0 Å². The maximum atomic E-state index is 14.2. The van der Waals surface area contributed by atoms with Gasteiger partial charge in [-0.15, -0.1) is 4.80 Å². The van der Waals surface area contributed by atoms with E-state index in [1.165, 1.54) is 43.7 Å². The van der Waals surface area contributed by atoms with E-state index >= 15 is 0 Å². The van der Waals surface area contributed by atoms with Crippen LogP contribution in [-0.2, 0) is 6.18 Å². The molecule has 14 heteroatoms. The van der Waals surface area contributed by atoms with Gasteiger partial charge in [-0.25, -0.2) is 18.9 Å². The van der Waals surface area contributed by atoms with Crippen molar-refractivity contribution < 1.29 is 22.4 Å². The first kappa shape index (κ1) is 23.5. The molecule has 10 nitrogen and oxygen atoms in total. The summed E-state index contributed by atoms with van der Waals surface area (Å²) in [6.45, 7) is 8.91. The normalized spacial score (nSPS) is 11.5. The zero-order valence-corrected chi connectivity index (χ0v) is 18.7. The van der Waals surface area contributed by atoms with Crippen molar-refractivity contribution in [2.45, 2.75) is 13.1 Å². The van der Waals surface area contributed by atoms with Crippen molar-refractivity contribution in [2.24, 2.45) is 0 Å². The lowest BCUT2D eigenvalue weighted by molar-refractivity contribution is -0.143. The van der Waals surface area contributed by atoms with Crippen LogP contribution in [0.5, 0.6) is 0 Å². The number of halogens is 4. The summed E-state index contributed by atoms with van der Waals surface area (Å²) in [7, 11) is 0. The van der Waals surface area contributed by atoms with Crippen LogP contribution in [0.25, 0.3) is 27.1 Å². The SMILES string of the molecule is [C-]#[N+]c1cc(NC(=O)c2cnn(-c3cncc4c(F)cccc34)c2C(F)(F)F)c(C)nc1-n1nccn1. The first-order valence-electron chi connectivity index (χ1n) is 10.4. The zero-order chi connectivity index (χ0) is 26.3. The first-order chi connectivity index (χ1) is 17.7. The smallest absolute Gasteiger partial charge is 0.321 e. The van der Waals surface area contributed by atoms with E-state index in [4.69, 9.17) is 6.57 Å². The van der Waals surface area contributed by atoms with E-state index in [0.29, 0.717) is 4.68 Å². The van der Waals surface area contributed by atoms with Gasteiger partial charge in [0.1, 0.15) is 5.82 Å². The Labute approximate surface area is 205 Å². The average molecular weight is 507 g/mol. The average Bonchev–Trinajstić information content (AvgIpc) is 3.55. The molecule has 4 heterocycles. The minimum Gasteiger partial charge on any atom is -0.321 e. The Bertz CT molecular complexity index is 1700. The number of pyridine rings is 2. The van der Waals surface area contributed by atoms with Crippen LogP contribution >= 0.6 is 0 Å². The number of fused-ring (bicyclic) bond motifs is 1. The third-order valence-electron chi connectivity index (χ3n) is 5.39. The Morgan fingerprint density at radius 1 is 1.08 bits per heavy atom. The molecule has 0 aliphatic carbocycles. The van der Waals surface area contributed by atoms with Gasteiger partial charge in [0.15, 0.2) is 11.5 Å². The number of hydrogen-bond acceptors (Lipinski definition) is 6. The van der Waals surface area contributed by atoms with E-state index in [1.807, 2.05) is 0 Å². The Balaban J connectivity index is 1.58. The molecule has 0 fully saturated rings. The molecule has 5 rings (SSSR count). The number of rotatable bonds is 4. The summed E-state index contributed by atoms with van der Waals surface area (Å²) < 4.78 is 57.4. The number of aromatic nitrogens is 7. The quantitative estimate of drug-likeness (QED) is 0.280. The third-order valence-corrected chi connectivity index (χ3v) is 5.39. The Morgan fingerprint density at radius 2 is 1.84 bits per heavy atom. The highest BCUT2D eigenvalue weighted by Crippen LogP contribution is 2.36. The molecule has 0 saturated heterocycles. The number of nitrogens with one attached hydrogen (secondary N) is 1. The van der Waals surface area contributed by atoms with E-state index in [9.17, 15) is 22.4 Å². The van der Waals surface area contributed by atoms with E-state index < -0.39 is 29.2 Å². The van der Waals surface area contributed by atoms with Crippen LogP contribution in [0.4, 0.5) is 28.9 Å². The van der Waals surface area contributed by atoms with Crippen molar-refractivity contribution in [1.82, 2.24) is 34.7 Å². The minimum atomic E-state index is -5.01. The molecule has 37 heavy (non-hydrogen) atoms. The van der Waals surface area contributed by atoms with Gasteiger partial charge >= 0.3 is 6.18 Å². The molecule has 0 radical (unpaired) electrons. The van der Waals surface area contributed by atoms with Crippen molar-refractivity contribution in [1.29, 1.82) is 0 Å². The second-order valence-corrected chi connectivity index (χ2v) is 7.66. The lowest BCUT2D eigenvalue weighted by atomic mass is 10.1. The highest BCUT2D eigenvalue weighted by molar-refractivity contribution is 6.06. The fourth-order valence-corrected chi connectivity index (χ4v) is 3.74. The highest BCUT2D eigenvalue weighted by Gasteiger charge is 2.41. The molecule has 0 bridgehead atoms. The van der Waals surface area contributed by atoms with Gasteiger partial charge in [0.25, 0.3) is 5.91 Å². The molecule has 4 aromatic heterocycles. The molecule has 5 aromatic rings. The summed E-state index contributed by atoms with van der Waals surface area (Å²) in [5.74, 6) is -1.71. The van der Waals surface area contributed by atoms with Crippen LogP contribution < -0.4 is 5.32 Å². The molecule has 0 saturated carbocycles. The summed E-state index contributed by atoms with van der Waals surface area (Å²) >= 11 is 0. The predicted octanol–water partition coefficient (Wildman–Crippen LogP) is 4.67. The Kier molecular flexibility index (Phi) is 5.59. The van der Waals surface area contributed by atoms with Gasteiger partial charge < -0.3 is 5.32 Å². The van der Waals surface area contributed by atoms with Crippen LogP contribution in [-0.4, -0.2) is 40.6 Å². The fourth-order valence-electron chi connectivity index (χ4n) is 3.74. The lowest BCUT2D eigenvalue weighted by Gasteiger charge is -2.15. The molecule has 1 amide bonds. The van der Waals surface area contributed by atoms with Crippen LogP contribution in [0.3, 0.4) is 0 Å². The first-order valence-corrected chi connectivity index (χ1v) is 10.4. The maximum absolute atomic E-state index is 14.2. The summed E-state index contributed by atoms with van der Waals surface area (Å²) in [4.78, 5) is 25.6. The molecule has 0 atom stereocenters. The summed E-state index contributed by atoms with van der Waals surface area (Å²) in [6.07, 6.45) is 0.808. The molecule has 1 aromatic carbocycles. The van der Waals surface area contributed by atoms with E-state index in [0.717, 1.165) is 23.3 Å². The largest absolute Gasteiger partial charge is 0.434 e. The van der Waals surface area contributed by atoms with Crippen molar-refractivity contribution in [2.75, 3.05) is 5.32 Å². The second kappa shape index (κ2) is 8.79. The van der Waals surface area contributed by atoms with Gasteiger partial charge in [-0.2, -0.15) is 28.5 Å². The van der Waals surface area contributed by atoms with Crippen molar-refractivity contribution >= 4 is 28.1 Å². The number of hydrogen-bond donors (Lipinski definition) is 1. The van der Waals surface area contributed by atoms with Gasteiger partial charge in [-0.3, -0.25) is 9.78 Å².